The second kappa shape index (κ2) is 8.69. The molecule has 0 aliphatic carbocycles. The van der Waals surface area contributed by atoms with Gasteiger partial charge in [-0.25, -0.2) is 9.18 Å². The highest BCUT2D eigenvalue weighted by Gasteiger charge is 2.25. The molecule has 1 saturated heterocycles. The third kappa shape index (κ3) is 4.57. The Balaban J connectivity index is 1.47. The Bertz CT molecular complexity index is 920. The van der Waals surface area contributed by atoms with Crippen molar-refractivity contribution in [3.63, 3.8) is 0 Å². The Kier molecular flexibility index (Phi) is 6.08. The average Bonchev–Trinajstić information content (AvgIpc) is 2.70. The molecule has 0 saturated carbocycles. The van der Waals surface area contributed by atoms with Gasteiger partial charge in [0.05, 0.1) is 5.69 Å². The fourth-order valence-corrected chi connectivity index (χ4v) is 3.24. The number of rotatable bonds is 4. The van der Waals surface area contributed by atoms with Gasteiger partial charge in [-0.1, -0.05) is 12.1 Å². The zero-order chi connectivity index (χ0) is 20.1. The molecule has 28 heavy (non-hydrogen) atoms. The first kappa shape index (κ1) is 19.6. The van der Waals surface area contributed by atoms with Gasteiger partial charge in [0.1, 0.15) is 11.4 Å². The number of halogens is 1. The van der Waals surface area contributed by atoms with Crippen molar-refractivity contribution in [3.8, 4) is 0 Å². The van der Waals surface area contributed by atoms with Crippen molar-refractivity contribution in [2.75, 3.05) is 25.0 Å². The summed E-state index contributed by atoms with van der Waals surface area (Å²) in [6, 6.07) is 8.74. The van der Waals surface area contributed by atoms with E-state index < -0.39 is 11.8 Å². The number of amides is 3. The molecule has 3 rings (SSSR count). The van der Waals surface area contributed by atoms with Gasteiger partial charge in [0.2, 0.25) is 0 Å². The van der Waals surface area contributed by atoms with E-state index in [4.69, 9.17) is 0 Å². The van der Waals surface area contributed by atoms with Crippen LogP contribution in [0.15, 0.2) is 47.4 Å². The number of aryl methyl sites for hydroxylation is 1. The molecule has 148 valence electrons. The van der Waals surface area contributed by atoms with Crippen LogP contribution >= 0.6 is 0 Å². The van der Waals surface area contributed by atoms with Crippen LogP contribution in [0.4, 0.5) is 14.9 Å². The third-order valence-electron chi connectivity index (χ3n) is 4.93. The van der Waals surface area contributed by atoms with Gasteiger partial charge in [0.15, 0.2) is 0 Å². The summed E-state index contributed by atoms with van der Waals surface area (Å²) < 4.78 is 14.9. The summed E-state index contributed by atoms with van der Waals surface area (Å²) in [5.41, 5.74) is -0.00296. The Labute approximate surface area is 162 Å². The van der Waals surface area contributed by atoms with Crippen molar-refractivity contribution >= 4 is 17.6 Å². The number of carbonyl (C=O) groups excluding carboxylic acids is 2. The van der Waals surface area contributed by atoms with Crippen LogP contribution < -0.4 is 16.2 Å². The summed E-state index contributed by atoms with van der Waals surface area (Å²) in [4.78, 5) is 38.3. The SMILES string of the molecule is Cn1cccc(C(=O)N2CCC(CNC(=O)Nc3ccccc3F)CC2)c1=O. The molecule has 1 aliphatic rings. The maximum absolute atomic E-state index is 13.6. The van der Waals surface area contributed by atoms with Crippen LogP contribution in [0.3, 0.4) is 0 Å². The summed E-state index contributed by atoms with van der Waals surface area (Å²) in [6.07, 6.45) is 3.06. The summed E-state index contributed by atoms with van der Waals surface area (Å²) >= 11 is 0. The molecular weight excluding hydrogens is 363 g/mol. The fourth-order valence-electron chi connectivity index (χ4n) is 3.24. The van der Waals surface area contributed by atoms with Gasteiger partial charge >= 0.3 is 6.03 Å². The number of hydrogen-bond acceptors (Lipinski definition) is 3. The van der Waals surface area contributed by atoms with E-state index in [2.05, 4.69) is 10.6 Å². The summed E-state index contributed by atoms with van der Waals surface area (Å²) in [7, 11) is 1.61. The first-order valence-electron chi connectivity index (χ1n) is 9.20. The Morgan fingerprint density at radius 3 is 2.57 bits per heavy atom. The highest BCUT2D eigenvalue weighted by atomic mass is 19.1. The molecule has 0 unspecified atom stereocenters. The Morgan fingerprint density at radius 2 is 1.86 bits per heavy atom. The van der Waals surface area contributed by atoms with E-state index in [0.717, 1.165) is 12.8 Å². The molecule has 0 spiro atoms. The lowest BCUT2D eigenvalue weighted by atomic mass is 9.96. The van der Waals surface area contributed by atoms with Crippen molar-refractivity contribution in [1.29, 1.82) is 0 Å². The number of nitrogens with one attached hydrogen (secondary N) is 2. The number of hydrogen-bond donors (Lipinski definition) is 2. The number of carbonyl (C=O) groups is 2. The van der Waals surface area contributed by atoms with Gasteiger partial charge in [-0.3, -0.25) is 9.59 Å². The predicted octanol–water partition coefficient (Wildman–Crippen LogP) is 2.20. The Morgan fingerprint density at radius 1 is 1.14 bits per heavy atom. The molecule has 0 atom stereocenters. The normalized spacial score (nSPS) is 14.6. The minimum atomic E-state index is -0.489. The largest absolute Gasteiger partial charge is 0.338 e. The minimum Gasteiger partial charge on any atom is -0.338 e. The van der Waals surface area contributed by atoms with Crippen molar-refractivity contribution < 1.29 is 14.0 Å². The fraction of sp³-hybridized carbons (Fsp3) is 0.350. The second-order valence-electron chi connectivity index (χ2n) is 6.89. The molecule has 3 amide bonds. The lowest BCUT2D eigenvalue weighted by Gasteiger charge is -2.32. The summed E-state index contributed by atoms with van der Waals surface area (Å²) in [5.74, 6) is -0.532. The van der Waals surface area contributed by atoms with Crippen LogP contribution in [0, 0.1) is 11.7 Å². The van der Waals surface area contributed by atoms with E-state index in [9.17, 15) is 18.8 Å². The molecule has 2 N–H and O–H groups in total. The smallest absolute Gasteiger partial charge is 0.319 e. The molecule has 1 aliphatic heterocycles. The van der Waals surface area contributed by atoms with Crippen LogP contribution in [0.1, 0.15) is 23.2 Å². The molecule has 2 heterocycles. The number of para-hydroxylation sites is 1. The summed E-state index contributed by atoms with van der Waals surface area (Å²) in [5, 5.41) is 5.23. The van der Waals surface area contributed by atoms with Crippen LogP contribution in [-0.4, -0.2) is 41.0 Å². The van der Waals surface area contributed by atoms with Gasteiger partial charge < -0.3 is 20.1 Å². The van der Waals surface area contributed by atoms with Gasteiger partial charge in [-0.05, 0) is 43.0 Å². The number of urea groups is 1. The molecule has 7 nitrogen and oxygen atoms in total. The number of nitrogens with zero attached hydrogens (tertiary/aromatic N) is 2. The molecular formula is C20H23FN4O3. The van der Waals surface area contributed by atoms with Crippen molar-refractivity contribution in [2.24, 2.45) is 13.0 Å². The van der Waals surface area contributed by atoms with E-state index in [-0.39, 0.29) is 28.6 Å². The molecule has 0 radical (unpaired) electrons. The standard InChI is InChI=1S/C20H23FN4O3/c1-24-10-4-5-15(18(24)26)19(27)25-11-8-14(9-12-25)13-22-20(28)23-17-7-3-2-6-16(17)21/h2-7,10,14H,8-9,11-13H2,1H3,(H2,22,23,28). The van der Waals surface area contributed by atoms with Crippen LogP contribution in [0.25, 0.3) is 0 Å². The quantitative estimate of drug-likeness (QED) is 0.845. The number of pyridine rings is 1. The first-order valence-corrected chi connectivity index (χ1v) is 9.20. The average molecular weight is 386 g/mol. The number of benzene rings is 1. The molecule has 0 bridgehead atoms. The molecule has 1 aromatic carbocycles. The van der Waals surface area contributed by atoms with E-state index in [1.165, 1.54) is 16.7 Å². The number of anilines is 1. The molecule has 1 aromatic heterocycles. The number of likely N-dealkylation sites (tertiary alicyclic amines) is 1. The molecule has 1 fully saturated rings. The lowest BCUT2D eigenvalue weighted by molar-refractivity contribution is 0.0688. The first-order chi connectivity index (χ1) is 13.5. The topological polar surface area (TPSA) is 83.4 Å². The van der Waals surface area contributed by atoms with Crippen LogP contribution in [0.2, 0.25) is 0 Å². The zero-order valence-electron chi connectivity index (χ0n) is 15.7. The third-order valence-corrected chi connectivity index (χ3v) is 4.93. The van der Waals surface area contributed by atoms with E-state index in [1.807, 2.05) is 0 Å². The number of aromatic nitrogens is 1. The van der Waals surface area contributed by atoms with Crippen molar-refractivity contribution in [1.82, 2.24) is 14.8 Å². The second-order valence-corrected chi connectivity index (χ2v) is 6.89. The van der Waals surface area contributed by atoms with E-state index >= 15 is 0 Å². The van der Waals surface area contributed by atoms with Crippen molar-refractivity contribution in [3.05, 3.63) is 64.3 Å². The zero-order valence-corrected chi connectivity index (χ0v) is 15.7. The van der Waals surface area contributed by atoms with Gasteiger partial charge in [-0.15, -0.1) is 0 Å². The summed E-state index contributed by atoms with van der Waals surface area (Å²) in [6.45, 7) is 1.49. The highest BCUT2D eigenvalue weighted by Crippen LogP contribution is 2.18. The highest BCUT2D eigenvalue weighted by molar-refractivity contribution is 5.94. The molecule has 2 aromatic rings. The predicted molar refractivity (Wildman–Crippen MR) is 104 cm³/mol. The minimum absolute atomic E-state index is 0.129. The lowest BCUT2D eigenvalue weighted by Crippen LogP contribution is -2.43. The maximum atomic E-state index is 13.6. The number of piperidine rings is 1. The van der Waals surface area contributed by atoms with Gasteiger partial charge in [0.25, 0.3) is 11.5 Å². The van der Waals surface area contributed by atoms with Crippen LogP contribution in [0.5, 0.6) is 0 Å². The van der Waals surface area contributed by atoms with Gasteiger partial charge in [-0.2, -0.15) is 0 Å². The maximum Gasteiger partial charge on any atom is 0.319 e. The van der Waals surface area contributed by atoms with E-state index in [0.29, 0.717) is 19.6 Å². The van der Waals surface area contributed by atoms with Gasteiger partial charge in [0, 0.05) is 32.9 Å². The van der Waals surface area contributed by atoms with Crippen LogP contribution in [-0.2, 0) is 7.05 Å². The monoisotopic (exact) mass is 386 g/mol. The van der Waals surface area contributed by atoms with Crippen molar-refractivity contribution in [2.45, 2.75) is 12.8 Å². The molecule has 8 heteroatoms. The van der Waals surface area contributed by atoms with E-state index in [1.54, 1.807) is 42.4 Å². The Hall–Kier alpha value is -3.16.